The van der Waals surface area contributed by atoms with E-state index < -0.39 is 0 Å². The fourth-order valence-corrected chi connectivity index (χ4v) is 3.39. The van der Waals surface area contributed by atoms with E-state index in [1.54, 1.807) is 12.5 Å². The Balaban J connectivity index is 1.46. The third-order valence-electron chi connectivity index (χ3n) is 4.67. The van der Waals surface area contributed by atoms with Crippen molar-refractivity contribution in [1.29, 1.82) is 0 Å². The van der Waals surface area contributed by atoms with E-state index in [0.29, 0.717) is 12.5 Å². The van der Waals surface area contributed by atoms with Crippen LogP contribution in [0.5, 0.6) is 0 Å². The average molecular weight is 341 g/mol. The van der Waals surface area contributed by atoms with Gasteiger partial charge in [0.1, 0.15) is 0 Å². The zero-order chi connectivity index (χ0) is 17.5. The predicted octanol–water partition coefficient (Wildman–Crippen LogP) is 2.40. The highest BCUT2D eigenvalue weighted by atomic mass is 16.2. The molecule has 0 bridgehead atoms. The number of carbonyl (C=O) groups is 1. The molecule has 1 fully saturated rings. The SMILES string of the molecule is CCCN1CCC(CNC(=O)NCc2ccccc2-n2ccnc2)C1. The van der Waals surface area contributed by atoms with Gasteiger partial charge in [0.2, 0.25) is 0 Å². The van der Waals surface area contributed by atoms with E-state index in [1.807, 2.05) is 35.0 Å². The third-order valence-corrected chi connectivity index (χ3v) is 4.67. The van der Waals surface area contributed by atoms with Crippen LogP contribution in [0, 0.1) is 5.92 Å². The lowest BCUT2D eigenvalue weighted by atomic mass is 10.1. The maximum atomic E-state index is 12.1. The molecule has 1 atom stereocenters. The molecule has 0 radical (unpaired) electrons. The highest BCUT2D eigenvalue weighted by molar-refractivity contribution is 5.74. The smallest absolute Gasteiger partial charge is 0.315 e. The molecule has 1 aliphatic rings. The lowest BCUT2D eigenvalue weighted by molar-refractivity contribution is 0.238. The molecule has 25 heavy (non-hydrogen) atoms. The highest BCUT2D eigenvalue weighted by Crippen LogP contribution is 2.15. The van der Waals surface area contributed by atoms with Gasteiger partial charge in [0, 0.05) is 32.0 Å². The summed E-state index contributed by atoms with van der Waals surface area (Å²) in [4.78, 5) is 18.7. The Hall–Kier alpha value is -2.34. The minimum Gasteiger partial charge on any atom is -0.338 e. The topological polar surface area (TPSA) is 62.2 Å². The number of rotatable bonds is 7. The van der Waals surface area contributed by atoms with Gasteiger partial charge < -0.3 is 20.1 Å². The van der Waals surface area contributed by atoms with Crippen LogP contribution in [-0.4, -0.2) is 46.7 Å². The molecule has 134 valence electrons. The number of nitrogens with one attached hydrogen (secondary N) is 2. The van der Waals surface area contributed by atoms with Crippen molar-refractivity contribution in [2.24, 2.45) is 5.92 Å². The van der Waals surface area contributed by atoms with Gasteiger partial charge in [0.05, 0.1) is 12.0 Å². The molecule has 1 aromatic carbocycles. The van der Waals surface area contributed by atoms with Crippen LogP contribution in [0.15, 0.2) is 43.0 Å². The molecule has 2 aromatic rings. The van der Waals surface area contributed by atoms with Crippen molar-refractivity contribution in [2.75, 3.05) is 26.2 Å². The van der Waals surface area contributed by atoms with Crippen molar-refractivity contribution in [1.82, 2.24) is 25.1 Å². The number of benzene rings is 1. The Morgan fingerprint density at radius 2 is 2.20 bits per heavy atom. The van der Waals surface area contributed by atoms with Crippen molar-refractivity contribution in [3.63, 3.8) is 0 Å². The first-order valence-electron chi connectivity index (χ1n) is 9.06. The molecule has 6 heteroatoms. The van der Waals surface area contributed by atoms with Gasteiger partial charge in [-0.05, 0) is 43.5 Å². The average Bonchev–Trinajstić information content (AvgIpc) is 3.31. The van der Waals surface area contributed by atoms with Gasteiger partial charge in [-0.3, -0.25) is 0 Å². The number of hydrogen-bond acceptors (Lipinski definition) is 3. The molecule has 2 amide bonds. The summed E-state index contributed by atoms with van der Waals surface area (Å²) in [6.07, 6.45) is 7.78. The van der Waals surface area contributed by atoms with Gasteiger partial charge in [-0.1, -0.05) is 25.1 Å². The van der Waals surface area contributed by atoms with Gasteiger partial charge in [-0.25, -0.2) is 9.78 Å². The lowest BCUT2D eigenvalue weighted by Crippen LogP contribution is -2.38. The van der Waals surface area contributed by atoms with E-state index in [-0.39, 0.29) is 6.03 Å². The number of para-hydroxylation sites is 1. The van der Waals surface area contributed by atoms with Crippen LogP contribution < -0.4 is 10.6 Å². The number of carbonyl (C=O) groups excluding carboxylic acids is 1. The molecule has 0 saturated carbocycles. The Bertz CT molecular complexity index is 670. The van der Waals surface area contributed by atoms with Gasteiger partial charge in [-0.2, -0.15) is 0 Å². The van der Waals surface area contributed by atoms with Crippen LogP contribution in [0.3, 0.4) is 0 Å². The fraction of sp³-hybridized carbons (Fsp3) is 0.474. The number of likely N-dealkylation sites (tertiary alicyclic amines) is 1. The van der Waals surface area contributed by atoms with Crippen LogP contribution in [0.2, 0.25) is 0 Å². The number of imidazole rings is 1. The maximum absolute atomic E-state index is 12.1. The summed E-state index contributed by atoms with van der Waals surface area (Å²) in [5.41, 5.74) is 2.09. The normalized spacial score (nSPS) is 17.6. The highest BCUT2D eigenvalue weighted by Gasteiger charge is 2.21. The van der Waals surface area contributed by atoms with E-state index in [2.05, 4.69) is 27.4 Å². The molecule has 3 rings (SSSR count). The molecule has 1 aromatic heterocycles. The molecular weight excluding hydrogens is 314 g/mol. The third kappa shape index (κ3) is 4.82. The molecule has 6 nitrogen and oxygen atoms in total. The Morgan fingerprint density at radius 3 is 3.00 bits per heavy atom. The Morgan fingerprint density at radius 1 is 1.32 bits per heavy atom. The minimum absolute atomic E-state index is 0.102. The number of hydrogen-bond donors (Lipinski definition) is 2. The Labute approximate surface area is 149 Å². The summed E-state index contributed by atoms with van der Waals surface area (Å²) in [6, 6.07) is 7.92. The summed E-state index contributed by atoms with van der Waals surface area (Å²) in [5.74, 6) is 0.565. The van der Waals surface area contributed by atoms with Crippen LogP contribution in [0.4, 0.5) is 4.79 Å². The monoisotopic (exact) mass is 341 g/mol. The zero-order valence-electron chi connectivity index (χ0n) is 14.8. The standard InChI is InChI=1S/C19H27N5O/c1-2-9-23-10-7-16(14-23)12-21-19(25)22-13-17-5-3-4-6-18(17)24-11-8-20-15-24/h3-6,8,11,15-16H,2,7,9-10,12-14H2,1H3,(H2,21,22,25). The van der Waals surface area contributed by atoms with Gasteiger partial charge in [0.15, 0.2) is 0 Å². The zero-order valence-corrected chi connectivity index (χ0v) is 14.8. The van der Waals surface area contributed by atoms with Gasteiger partial charge in [-0.15, -0.1) is 0 Å². The second-order valence-corrected chi connectivity index (χ2v) is 6.62. The number of aromatic nitrogens is 2. The molecule has 2 N–H and O–H groups in total. The first-order chi connectivity index (χ1) is 12.3. The maximum Gasteiger partial charge on any atom is 0.315 e. The first-order valence-corrected chi connectivity index (χ1v) is 9.06. The molecule has 1 saturated heterocycles. The number of urea groups is 1. The summed E-state index contributed by atoms with van der Waals surface area (Å²) < 4.78 is 1.95. The van der Waals surface area contributed by atoms with E-state index in [0.717, 1.165) is 37.4 Å². The summed E-state index contributed by atoms with van der Waals surface area (Å²) in [7, 11) is 0. The van der Waals surface area contributed by atoms with E-state index >= 15 is 0 Å². The minimum atomic E-state index is -0.102. The molecule has 0 spiro atoms. The van der Waals surface area contributed by atoms with E-state index in [1.165, 1.54) is 12.8 Å². The van der Waals surface area contributed by atoms with Crippen molar-refractivity contribution in [2.45, 2.75) is 26.3 Å². The van der Waals surface area contributed by atoms with E-state index in [4.69, 9.17) is 0 Å². The quantitative estimate of drug-likeness (QED) is 0.813. The molecule has 1 unspecified atom stereocenters. The molecule has 0 aliphatic carbocycles. The predicted molar refractivity (Wildman–Crippen MR) is 98.6 cm³/mol. The summed E-state index contributed by atoms with van der Waals surface area (Å²) >= 11 is 0. The number of nitrogens with zero attached hydrogens (tertiary/aromatic N) is 3. The molecule has 2 heterocycles. The van der Waals surface area contributed by atoms with Gasteiger partial charge >= 0.3 is 6.03 Å². The fourth-order valence-electron chi connectivity index (χ4n) is 3.39. The number of amides is 2. The lowest BCUT2D eigenvalue weighted by Gasteiger charge is -2.15. The van der Waals surface area contributed by atoms with Crippen molar-refractivity contribution < 1.29 is 4.79 Å². The van der Waals surface area contributed by atoms with E-state index in [9.17, 15) is 4.79 Å². The summed E-state index contributed by atoms with van der Waals surface area (Å²) in [6.45, 7) is 6.86. The van der Waals surface area contributed by atoms with Crippen LogP contribution in [0.1, 0.15) is 25.3 Å². The van der Waals surface area contributed by atoms with Crippen molar-refractivity contribution >= 4 is 6.03 Å². The molecular formula is C19H27N5O. The largest absolute Gasteiger partial charge is 0.338 e. The van der Waals surface area contributed by atoms with Crippen LogP contribution >= 0.6 is 0 Å². The second kappa shape index (κ2) is 8.67. The van der Waals surface area contributed by atoms with Crippen molar-refractivity contribution in [3.05, 3.63) is 48.5 Å². The Kier molecular flexibility index (Phi) is 6.06. The first kappa shape index (κ1) is 17.5. The second-order valence-electron chi connectivity index (χ2n) is 6.62. The van der Waals surface area contributed by atoms with Crippen molar-refractivity contribution in [3.8, 4) is 5.69 Å². The van der Waals surface area contributed by atoms with Crippen LogP contribution in [0.25, 0.3) is 5.69 Å². The van der Waals surface area contributed by atoms with Gasteiger partial charge in [0.25, 0.3) is 0 Å². The summed E-state index contributed by atoms with van der Waals surface area (Å²) in [5, 5.41) is 5.98. The molecule has 1 aliphatic heterocycles. The van der Waals surface area contributed by atoms with Crippen LogP contribution in [-0.2, 0) is 6.54 Å².